The quantitative estimate of drug-likeness (QED) is 0.690. The van der Waals surface area contributed by atoms with E-state index < -0.39 is 0 Å². The van der Waals surface area contributed by atoms with Crippen molar-refractivity contribution in [3.63, 3.8) is 0 Å². The average molecular weight is 380 g/mol. The Balaban J connectivity index is 1.63. The van der Waals surface area contributed by atoms with Gasteiger partial charge in [-0.15, -0.1) is 11.3 Å². The Morgan fingerprint density at radius 1 is 1.30 bits per heavy atom. The first-order valence-electron chi connectivity index (χ1n) is 9.92. The average Bonchev–Trinajstić information content (AvgIpc) is 3.43. The van der Waals surface area contributed by atoms with Crippen molar-refractivity contribution >= 4 is 27.4 Å². The summed E-state index contributed by atoms with van der Waals surface area (Å²) in [4.78, 5) is 21.9. The summed E-state index contributed by atoms with van der Waals surface area (Å²) < 4.78 is 0. The van der Waals surface area contributed by atoms with Crippen LogP contribution in [-0.2, 0) is 12.8 Å². The topological polar surface area (TPSA) is 45.2 Å². The van der Waals surface area contributed by atoms with Crippen molar-refractivity contribution in [1.82, 2.24) is 19.9 Å². The number of hydrogen-bond donors (Lipinski definition) is 0. The van der Waals surface area contributed by atoms with Crippen LogP contribution in [0.5, 0.6) is 0 Å². The lowest BCUT2D eigenvalue weighted by atomic mass is 10.1. The van der Waals surface area contributed by atoms with Gasteiger partial charge in [-0.25, -0.2) is 9.97 Å². The summed E-state index contributed by atoms with van der Waals surface area (Å²) in [5.74, 6) is 1.95. The van der Waals surface area contributed by atoms with Crippen molar-refractivity contribution in [1.29, 1.82) is 0 Å². The van der Waals surface area contributed by atoms with E-state index in [4.69, 9.17) is 9.97 Å². The predicted octanol–water partition coefficient (Wildman–Crippen LogP) is 3.77. The van der Waals surface area contributed by atoms with Gasteiger partial charge in [-0.1, -0.05) is 6.92 Å². The van der Waals surface area contributed by atoms with Gasteiger partial charge in [-0.2, -0.15) is 0 Å². The van der Waals surface area contributed by atoms with E-state index in [9.17, 15) is 0 Å². The van der Waals surface area contributed by atoms with Gasteiger partial charge in [-0.05, 0) is 57.0 Å². The lowest BCUT2D eigenvalue weighted by Crippen LogP contribution is -2.34. The molecule has 1 fully saturated rings. The molecule has 4 heterocycles. The number of aryl methyl sites for hydroxylation is 2. The molecule has 0 N–H and O–H groups in total. The molecule has 3 aromatic heterocycles. The Hall–Kier alpha value is -2.05. The molecular weight excluding hydrogens is 354 g/mol. The molecule has 27 heavy (non-hydrogen) atoms. The minimum Gasteiger partial charge on any atom is -0.354 e. The van der Waals surface area contributed by atoms with Gasteiger partial charge in [0, 0.05) is 42.0 Å². The number of likely N-dealkylation sites (N-methyl/N-ethyl adjacent to an activating group) is 1. The molecule has 0 radical (unpaired) electrons. The minimum absolute atomic E-state index is 0.605. The van der Waals surface area contributed by atoms with Gasteiger partial charge in [0.15, 0.2) is 5.82 Å². The Kier molecular flexibility index (Phi) is 4.32. The third kappa shape index (κ3) is 2.91. The SMILES string of the molecule is CCN(C)C1CCN(c2nc(-c3cccnc3)nc3sc4c(c23)CCC4)C1. The molecule has 1 aliphatic heterocycles. The second kappa shape index (κ2) is 6.84. The van der Waals surface area contributed by atoms with Crippen molar-refractivity contribution in [2.45, 2.75) is 38.6 Å². The van der Waals surface area contributed by atoms with Crippen LogP contribution in [-0.4, -0.2) is 52.6 Å². The van der Waals surface area contributed by atoms with Crippen molar-refractivity contribution in [2.24, 2.45) is 0 Å². The van der Waals surface area contributed by atoms with Crippen molar-refractivity contribution in [2.75, 3.05) is 31.6 Å². The van der Waals surface area contributed by atoms with E-state index in [1.165, 1.54) is 41.5 Å². The van der Waals surface area contributed by atoms with E-state index in [1.807, 2.05) is 23.6 Å². The fourth-order valence-corrected chi connectivity index (χ4v) is 5.64. The Labute approximate surface area is 164 Å². The van der Waals surface area contributed by atoms with Crippen LogP contribution < -0.4 is 4.90 Å². The Bertz CT molecular complexity index is 968. The van der Waals surface area contributed by atoms with Gasteiger partial charge in [0.05, 0.1) is 5.39 Å². The second-order valence-corrected chi connectivity index (χ2v) is 8.70. The number of fused-ring (bicyclic) bond motifs is 3. The number of pyridine rings is 1. The molecule has 3 aromatic rings. The minimum atomic E-state index is 0.605. The van der Waals surface area contributed by atoms with Crippen LogP contribution >= 0.6 is 11.3 Å². The van der Waals surface area contributed by atoms with E-state index in [0.29, 0.717) is 6.04 Å². The molecule has 1 aliphatic carbocycles. The number of thiophene rings is 1. The molecule has 1 unspecified atom stereocenters. The van der Waals surface area contributed by atoms with Crippen LogP contribution in [0.2, 0.25) is 0 Å². The monoisotopic (exact) mass is 379 g/mol. The Morgan fingerprint density at radius 3 is 3.04 bits per heavy atom. The zero-order valence-electron chi connectivity index (χ0n) is 16.0. The van der Waals surface area contributed by atoms with Crippen LogP contribution in [0.4, 0.5) is 5.82 Å². The zero-order valence-corrected chi connectivity index (χ0v) is 16.8. The van der Waals surface area contributed by atoms with Gasteiger partial charge in [0.1, 0.15) is 10.6 Å². The second-order valence-electron chi connectivity index (χ2n) is 7.61. The summed E-state index contributed by atoms with van der Waals surface area (Å²) in [6.07, 6.45) is 8.49. The number of rotatable bonds is 4. The first-order valence-corrected chi connectivity index (χ1v) is 10.7. The van der Waals surface area contributed by atoms with Crippen molar-refractivity contribution in [3.05, 3.63) is 35.0 Å². The van der Waals surface area contributed by atoms with E-state index in [0.717, 1.165) is 41.7 Å². The summed E-state index contributed by atoms with van der Waals surface area (Å²) in [7, 11) is 2.23. The zero-order chi connectivity index (χ0) is 18.4. The summed E-state index contributed by atoms with van der Waals surface area (Å²) in [5.41, 5.74) is 2.51. The smallest absolute Gasteiger partial charge is 0.164 e. The third-order valence-corrected chi connectivity index (χ3v) is 7.24. The first kappa shape index (κ1) is 17.1. The summed E-state index contributed by atoms with van der Waals surface area (Å²) in [6.45, 7) is 5.44. The third-order valence-electron chi connectivity index (χ3n) is 6.05. The molecule has 1 atom stereocenters. The highest BCUT2D eigenvalue weighted by atomic mass is 32.1. The van der Waals surface area contributed by atoms with E-state index in [-0.39, 0.29) is 0 Å². The first-order chi connectivity index (χ1) is 13.2. The van der Waals surface area contributed by atoms with E-state index in [1.54, 1.807) is 6.20 Å². The lowest BCUT2D eigenvalue weighted by molar-refractivity contribution is 0.272. The molecule has 0 bridgehead atoms. The number of nitrogens with zero attached hydrogens (tertiary/aromatic N) is 5. The Morgan fingerprint density at radius 2 is 2.22 bits per heavy atom. The van der Waals surface area contributed by atoms with Crippen LogP contribution in [0.25, 0.3) is 21.6 Å². The molecule has 5 nitrogen and oxygen atoms in total. The van der Waals surface area contributed by atoms with Crippen LogP contribution in [0.1, 0.15) is 30.2 Å². The molecule has 1 saturated heterocycles. The molecule has 6 heteroatoms. The summed E-state index contributed by atoms with van der Waals surface area (Å²) in [6, 6.07) is 4.62. The maximum Gasteiger partial charge on any atom is 0.164 e. The number of aromatic nitrogens is 3. The van der Waals surface area contributed by atoms with E-state index >= 15 is 0 Å². The van der Waals surface area contributed by atoms with E-state index in [2.05, 4.69) is 34.8 Å². The fraction of sp³-hybridized carbons (Fsp3) is 0.476. The largest absolute Gasteiger partial charge is 0.354 e. The molecule has 2 aliphatic rings. The van der Waals surface area contributed by atoms with Gasteiger partial charge in [0.25, 0.3) is 0 Å². The van der Waals surface area contributed by atoms with Crippen molar-refractivity contribution < 1.29 is 0 Å². The van der Waals surface area contributed by atoms with Crippen LogP contribution in [0, 0.1) is 0 Å². The molecule has 0 saturated carbocycles. The lowest BCUT2D eigenvalue weighted by Gasteiger charge is -2.24. The molecule has 5 rings (SSSR count). The van der Waals surface area contributed by atoms with Crippen LogP contribution in [0.3, 0.4) is 0 Å². The normalized spacial score (nSPS) is 19.4. The molecule has 140 valence electrons. The highest BCUT2D eigenvalue weighted by molar-refractivity contribution is 7.19. The van der Waals surface area contributed by atoms with Gasteiger partial charge in [0.2, 0.25) is 0 Å². The molecule has 0 aromatic carbocycles. The predicted molar refractivity (Wildman–Crippen MR) is 112 cm³/mol. The highest BCUT2D eigenvalue weighted by Crippen LogP contribution is 2.42. The standard InChI is InChI=1S/C21H25N5S/c1-3-25(2)15-9-11-26(13-15)20-18-16-7-4-8-17(16)27-21(18)24-19(23-20)14-6-5-10-22-12-14/h5-6,10,12,15H,3-4,7-9,11,13H2,1-2H3. The fourth-order valence-electron chi connectivity index (χ4n) is 4.38. The molecule has 0 spiro atoms. The van der Waals surface area contributed by atoms with Gasteiger partial charge in [-0.3, -0.25) is 4.98 Å². The maximum atomic E-state index is 5.09. The maximum absolute atomic E-state index is 5.09. The van der Waals surface area contributed by atoms with Crippen LogP contribution in [0.15, 0.2) is 24.5 Å². The van der Waals surface area contributed by atoms with Gasteiger partial charge < -0.3 is 9.80 Å². The number of anilines is 1. The number of hydrogen-bond acceptors (Lipinski definition) is 6. The summed E-state index contributed by atoms with van der Waals surface area (Å²) >= 11 is 1.87. The highest BCUT2D eigenvalue weighted by Gasteiger charge is 2.30. The molecule has 0 amide bonds. The van der Waals surface area contributed by atoms with Gasteiger partial charge >= 0.3 is 0 Å². The summed E-state index contributed by atoms with van der Waals surface area (Å²) in [5, 5.41) is 1.32. The molecular formula is C21H25N5S. The van der Waals surface area contributed by atoms with Crippen molar-refractivity contribution in [3.8, 4) is 11.4 Å².